The number of carbonyl (C=O) groups excluding carboxylic acids is 2. The number of nitrogens with zero attached hydrogens (tertiary/aromatic N) is 1. The maximum atomic E-state index is 14.5. The van der Waals surface area contributed by atoms with Crippen molar-refractivity contribution in [2.45, 2.75) is 32.4 Å². The molecule has 0 spiro atoms. The van der Waals surface area contributed by atoms with Crippen LogP contribution in [0.2, 0.25) is 0 Å². The van der Waals surface area contributed by atoms with Gasteiger partial charge in [0.25, 0.3) is 5.91 Å². The van der Waals surface area contributed by atoms with Crippen LogP contribution < -0.4 is 18.9 Å². The van der Waals surface area contributed by atoms with Crippen LogP contribution in [0.5, 0.6) is 23.0 Å². The minimum Gasteiger partial charge on any atom is -0.503 e. The minimum atomic E-state index is -1.66. The lowest BCUT2D eigenvalue weighted by Gasteiger charge is -2.37. The Bertz CT molecular complexity index is 1410. The summed E-state index contributed by atoms with van der Waals surface area (Å²) in [6.07, 6.45) is 2.17. The normalized spacial score (nSPS) is 16.6. The van der Waals surface area contributed by atoms with Gasteiger partial charge in [0.15, 0.2) is 28.6 Å². The van der Waals surface area contributed by atoms with Crippen molar-refractivity contribution in [2.75, 3.05) is 27.9 Å². The van der Waals surface area contributed by atoms with Crippen LogP contribution in [-0.2, 0) is 16.9 Å². The lowest BCUT2D eigenvalue weighted by Crippen LogP contribution is -2.49. The van der Waals surface area contributed by atoms with Crippen LogP contribution in [0, 0.1) is 6.92 Å². The molecule has 8 heteroatoms. The van der Waals surface area contributed by atoms with E-state index in [-0.39, 0.29) is 12.3 Å². The third-order valence-electron chi connectivity index (χ3n) is 6.78. The number of aliphatic hydroxyl groups is 1. The van der Waals surface area contributed by atoms with Gasteiger partial charge in [-0.1, -0.05) is 25.1 Å². The van der Waals surface area contributed by atoms with Crippen molar-refractivity contribution in [3.8, 4) is 23.0 Å². The van der Waals surface area contributed by atoms with Crippen LogP contribution in [0.3, 0.4) is 0 Å². The molecule has 0 fully saturated rings. The van der Waals surface area contributed by atoms with Gasteiger partial charge in [-0.2, -0.15) is 0 Å². The Kier molecular flexibility index (Phi) is 8.14. The summed E-state index contributed by atoms with van der Waals surface area (Å²) in [6.45, 7) is 4.48. The lowest BCUT2D eigenvalue weighted by molar-refractivity contribution is -0.131. The first-order chi connectivity index (χ1) is 18.8. The van der Waals surface area contributed by atoms with Crippen molar-refractivity contribution < 1.29 is 33.6 Å². The number of Topliss-reactive ketones (excluding diaryl/α,β-unsaturated/α-hetero) is 1. The highest BCUT2D eigenvalue weighted by molar-refractivity contribution is 6.11. The second-order valence-corrected chi connectivity index (χ2v) is 9.27. The maximum absolute atomic E-state index is 14.5. The number of rotatable bonds is 11. The van der Waals surface area contributed by atoms with E-state index in [0.29, 0.717) is 40.7 Å². The Morgan fingerprint density at radius 2 is 1.67 bits per heavy atom. The van der Waals surface area contributed by atoms with Crippen LogP contribution in [0.15, 0.2) is 72.5 Å². The second kappa shape index (κ2) is 11.5. The van der Waals surface area contributed by atoms with E-state index in [0.717, 1.165) is 17.5 Å². The molecule has 0 aliphatic carbocycles. The topological polar surface area (TPSA) is 94.5 Å². The van der Waals surface area contributed by atoms with Gasteiger partial charge in [0.1, 0.15) is 11.5 Å². The minimum absolute atomic E-state index is 0.0351. The molecular formula is C31H33NO7. The molecule has 3 aromatic carbocycles. The number of ketones is 1. The van der Waals surface area contributed by atoms with E-state index >= 15 is 0 Å². The van der Waals surface area contributed by atoms with Crippen molar-refractivity contribution in [3.63, 3.8) is 0 Å². The summed E-state index contributed by atoms with van der Waals surface area (Å²) in [5.41, 5.74) is 0.647. The number of ether oxygens (including phenoxy) is 4. The van der Waals surface area contributed by atoms with Crippen molar-refractivity contribution in [1.29, 1.82) is 0 Å². The summed E-state index contributed by atoms with van der Waals surface area (Å²) in [4.78, 5) is 29.4. The van der Waals surface area contributed by atoms with Gasteiger partial charge in [-0.05, 0) is 72.5 Å². The van der Waals surface area contributed by atoms with E-state index in [1.165, 1.54) is 25.2 Å². The smallest absolute Gasteiger partial charge is 0.290 e. The van der Waals surface area contributed by atoms with Gasteiger partial charge < -0.3 is 29.0 Å². The fourth-order valence-corrected chi connectivity index (χ4v) is 4.80. The van der Waals surface area contributed by atoms with Crippen molar-refractivity contribution in [1.82, 2.24) is 4.90 Å². The van der Waals surface area contributed by atoms with E-state index in [1.54, 1.807) is 61.7 Å². The molecule has 0 bridgehead atoms. The second-order valence-electron chi connectivity index (χ2n) is 9.27. The van der Waals surface area contributed by atoms with Gasteiger partial charge in [0.2, 0.25) is 0 Å². The third kappa shape index (κ3) is 5.14. The molecule has 1 N–H and O–H groups in total. The molecule has 3 aromatic rings. The fraction of sp³-hybridized carbons (Fsp3) is 0.290. The first kappa shape index (κ1) is 27.6. The SMILES string of the molecule is CCCOc1ccc(C(=O)C2(c3ccc(OC)c(OC)c3)C=C(O)C(=O)N2Cc2cccc(OC)c2)cc1C. The summed E-state index contributed by atoms with van der Waals surface area (Å²) in [7, 11) is 4.57. The molecule has 39 heavy (non-hydrogen) atoms. The zero-order valence-corrected chi connectivity index (χ0v) is 22.8. The van der Waals surface area contributed by atoms with E-state index in [2.05, 4.69) is 0 Å². The molecule has 1 heterocycles. The largest absolute Gasteiger partial charge is 0.503 e. The van der Waals surface area contributed by atoms with Gasteiger partial charge in [0.05, 0.1) is 27.9 Å². The fourth-order valence-electron chi connectivity index (χ4n) is 4.80. The summed E-state index contributed by atoms with van der Waals surface area (Å²) in [6, 6.07) is 17.4. The lowest BCUT2D eigenvalue weighted by atomic mass is 9.81. The van der Waals surface area contributed by atoms with Crippen LogP contribution in [0.4, 0.5) is 0 Å². The highest BCUT2D eigenvalue weighted by Crippen LogP contribution is 2.44. The molecule has 0 saturated carbocycles. The average Bonchev–Trinajstić information content (AvgIpc) is 3.21. The zero-order chi connectivity index (χ0) is 28.2. The van der Waals surface area contributed by atoms with Crippen LogP contribution in [0.1, 0.15) is 40.4 Å². The molecule has 0 aromatic heterocycles. The summed E-state index contributed by atoms with van der Waals surface area (Å²) >= 11 is 0. The number of amides is 1. The summed E-state index contributed by atoms with van der Waals surface area (Å²) in [5.74, 6) is 0.575. The van der Waals surface area contributed by atoms with E-state index < -0.39 is 17.2 Å². The molecule has 1 atom stereocenters. The number of methoxy groups -OCH3 is 3. The number of aryl methyl sites for hydroxylation is 1. The Labute approximate surface area is 228 Å². The molecule has 4 rings (SSSR count). The van der Waals surface area contributed by atoms with Gasteiger partial charge in [0, 0.05) is 18.2 Å². The van der Waals surface area contributed by atoms with Crippen LogP contribution in [0.25, 0.3) is 0 Å². The maximum Gasteiger partial charge on any atom is 0.290 e. The molecule has 1 amide bonds. The van der Waals surface area contributed by atoms with Crippen LogP contribution >= 0.6 is 0 Å². The molecule has 1 aliphatic rings. The number of hydrogen-bond donors (Lipinski definition) is 1. The van der Waals surface area contributed by atoms with Crippen molar-refractivity contribution in [3.05, 3.63) is 94.8 Å². The Hall–Kier alpha value is -4.46. The quantitative estimate of drug-likeness (QED) is 0.332. The van der Waals surface area contributed by atoms with Crippen molar-refractivity contribution >= 4 is 11.7 Å². The molecule has 0 saturated heterocycles. The highest BCUT2D eigenvalue weighted by atomic mass is 16.5. The number of benzene rings is 3. The summed E-state index contributed by atoms with van der Waals surface area (Å²) in [5, 5.41) is 10.8. The number of aliphatic hydroxyl groups excluding tert-OH is 1. The molecule has 204 valence electrons. The van der Waals surface area contributed by atoms with Crippen LogP contribution in [-0.4, -0.2) is 49.6 Å². The monoisotopic (exact) mass is 531 g/mol. The molecule has 1 unspecified atom stereocenters. The van der Waals surface area contributed by atoms with Gasteiger partial charge in [-0.15, -0.1) is 0 Å². The van der Waals surface area contributed by atoms with Gasteiger partial charge in [-0.25, -0.2) is 0 Å². The van der Waals surface area contributed by atoms with E-state index in [4.69, 9.17) is 18.9 Å². The molecule has 8 nitrogen and oxygen atoms in total. The van der Waals surface area contributed by atoms with E-state index in [1.807, 2.05) is 19.9 Å². The van der Waals surface area contributed by atoms with E-state index in [9.17, 15) is 14.7 Å². The standard InChI is InChI=1S/C31H33NO7/c1-6-14-39-26-12-10-22(15-20(26)2)29(34)31(23-11-13-27(37-4)28(17-23)38-5)18-25(33)30(35)32(31)19-21-8-7-9-24(16-21)36-3/h7-13,15-18,33H,6,14,19H2,1-5H3. The average molecular weight is 532 g/mol. The predicted octanol–water partition coefficient (Wildman–Crippen LogP) is 5.37. The molecular weight excluding hydrogens is 498 g/mol. The number of carbonyl (C=O) groups is 2. The Morgan fingerprint density at radius 1 is 0.923 bits per heavy atom. The Morgan fingerprint density at radius 3 is 2.33 bits per heavy atom. The number of hydrogen-bond acceptors (Lipinski definition) is 7. The first-order valence-electron chi connectivity index (χ1n) is 12.7. The first-order valence-corrected chi connectivity index (χ1v) is 12.7. The zero-order valence-electron chi connectivity index (χ0n) is 22.8. The highest BCUT2D eigenvalue weighted by Gasteiger charge is 2.52. The van der Waals surface area contributed by atoms with Crippen molar-refractivity contribution in [2.24, 2.45) is 0 Å². The predicted molar refractivity (Wildman–Crippen MR) is 147 cm³/mol. The molecule has 1 aliphatic heterocycles. The van der Waals surface area contributed by atoms with Gasteiger partial charge >= 0.3 is 0 Å². The Balaban J connectivity index is 1.90. The molecule has 0 radical (unpaired) electrons. The summed E-state index contributed by atoms with van der Waals surface area (Å²) < 4.78 is 22.1. The third-order valence-corrected chi connectivity index (χ3v) is 6.78. The van der Waals surface area contributed by atoms with Gasteiger partial charge in [-0.3, -0.25) is 9.59 Å².